The number of thiazole rings is 1. The molecule has 1 aliphatic rings. The molecule has 3 N–H and O–H groups in total. The summed E-state index contributed by atoms with van der Waals surface area (Å²) in [5.74, 6) is 0. The molecule has 3 rings (SSSR count). The molecule has 1 heterocycles. The normalized spacial score (nSPS) is 30.4. The van der Waals surface area contributed by atoms with Crippen molar-refractivity contribution in [2.45, 2.75) is 24.5 Å². The minimum atomic E-state index is -0.386. The Balaban J connectivity index is 2.05. The molecular weight excluding hydrogens is 208 g/mol. The lowest BCUT2D eigenvalue weighted by molar-refractivity contribution is 0.0209. The van der Waals surface area contributed by atoms with Crippen molar-refractivity contribution in [1.29, 1.82) is 0 Å². The van der Waals surface area contributed by atoms with E-state index in [-0.39, 0.29) is 11.6 Å². The van der Waals surface area contributed by atoms with E-state index in [4.69, 9.17) is 5.73 Å². The molecule has 0 radical (unpaired) electrons. The second-order valence-corrected chi connectivity index (χ2v) is 5.24. The Hall–Kier alpha value is -0.970. The van der Waals surface area contributed by atoms with Gasteiger partial charge >= 0.3 is 0 Å². The Bertz CT molecular complexity index is 469. The molecule has 0 unspecified atom stereocenters. The average molecular weight is 220 g/mol. The number of rotatable bonds is 1. The number of hydrogen-bond donors (Lipinski definition) is 2. The fourth-order valence-electron chi connectivity index (χ4n) is 2.04. The summed E-state index contributed by atoms with van der Waals surface area (Å²) in [5.41, 5.74) is 6.78. The molecular formula is C11H12N2OS. The van der Waals surface area contributed by atoms with Gasteiger partial charge < -0.3 is 10.8 Å². The zero-order valence-electron chi connectivity index (χ0n) is 8.18. The average Bonchev–Trinajstić information content (AvgIpc) is 2.59. The van der Waals surface area contributed by atoms with E-state index in [0.29, 0.717) is 12.8 Å². The molecule has 3 nitrogen and oxygen atoms in total. The van der Waals surface area contributed by atoms with E-state index in [1.54, 1.807) is 11.3 Å². The summed E-state index contributed by atoms with van der Waals surface area (Å²) in [7, 11) is 0. The summed E-state index contributed by atoms with van der Waals surface area (Å²) in [5, 5.41) is 10.3. The van der Waals surface area contributed by atoms with Crippen molar-refractivity contribution < 1.29 is 5.11 Å². The van der Waals surface area contributed by atoms with Gasteiger partial charge in [0, 0.05) is 0 Å². The van der Waals surface area contributed by atoms with Gasteiger partial charge in [-0.1, -0.05) is 12.1 Å². The Morgan fingerprint density at radius 1 is 1.40 bits per heavy atom. The van der Waals surface area contributed by atoms with Crippen molar-refractivity contribution in [2.24, 2.45) is 5.73 Å². The molecule has 1 aromatic carbocycles. The quantitative estimate of drug-likeness (QED) is 0.767. The van der Waals surface area contributed by atoms with Crippen LogP contribution in [0.25, 0.3) is 10.2 Å². The zero-order valence-corrected chi connectivity index (χ0v) is 9.00. The van der Waals surface area contributed by atoms with Gasteiger partial charge in [-0.15, -0.1) is 11.3 Å². The van der Waals surface area contributed by atoms with Crippen molar-refractivity contribution in [3.05, 3.63) is 29.3 Å². The molecule has 1 saturated carbocycles. The van der Waals surface area contributed by atoms with Gasteiger partial charge in [0.25, 0.3) is 0 Å². The summed E-state index contributed by atoms with van der Waals surface area (Å²) in [6.45, 7) is 0. The number of nitrogens with two attached hydrogens (primary N) is 1. The number of aromatic nitrogens is 1. The smallest absolute Gasteiger partial charge is 0.114 e. The summed E-state index contributed by atoms with van der Waals surface area (Å²) in [6.07, 6.45) is 1.02. The molecule has 0 saturated heterocycles. The molecule has 0 atom stereocenters. The van der Waals surface area contributed by atoms with Crippen LogP contribution in [0, 0.1) is 0 Å². The van der Waals surface area contributed by atoms with Crippen LogP contribution in [0.4, 0.5) is 0 Å². The fraction of sp³-hybridized carbons (Fsp3) is 0.364. The largest absolute Gasteiger partial charge is 0.393 e. The molecule has 0 spiro atoms. The van der Waals surface area contributed by atoms with Crippen LogP contribution in [-0.2, 0) is 5.54 Å². The van der Waals surface area contributed by atoms with E-state index >= 15 is 0 Å². The first-order valence-corrected chi connectivity index (χ1v) is 5.82. The van der Waals surface area contributed by atoms with Crippen LogP contribution in [0.2, 0.25) is 0 Å². The molecule has 1 aliphatic carbocycles. The molecule has 4 heteroatoms. The SMILES string of the molecule is NC1(c2nc3ccccc3s2)CC(O)C1. The van der Waals surface area contributed by atoms with Crippen LogP contribution < -0.4 is 5.73 Å². The number of aliphatic hydroxyl groups is 1. The lowest BCUT2D eigenvalue weighted by atomic mass is 9.76. The highest BCUT2D eigenvalue weighted by molar-refractivity contribution is 7.18. The van der Waals surface area contributed by atoms with Crippen LogP contribution >= 0.6 is 11.3 Å². The van der Waals surface area contributed by atoms with E-state index in [2.05, 4.69) is 11.1 Å². The van der Waals surface area contributed by atoms with Gasteiger partial charge in [0.15, 0.2) is 0 Å². The third-order valence-electron chi connectivity index (χ3n) is 2.92. The first kappa shape index (κ1) is 9.27. The van der Waals surface area contributed by atoms with Crippen molar-refractivity contribution >= 4 is 21.6 Å². The van der Waals surface area contributed by atoms with Gasteiger partial charge in [-0.25, -0.2) is 4.98 Å². The van der Waals surface area contributed by atoms with Crippen LogP contribution in [0.3, 0.4) is 0 Å². The van der Waals surface area contributed by atoms with Crippen LogP contribution in [-0.4, -0.2) is 16.2 Å². The first-order chi connectivity index (χ1) is 7.17. The number of nitrogens with zero attached hydrogens (tertiary/aromatic N) is 1. The molecule has 78 valence electrons. The van der Waals surface area contributed by atoms with Gasteiger partial charge in [0.1, 0.15) is 5.01 Å². The predicted molar refractivity (Wildman–Crippen MR) is 60.7 cm³/mol. The maximum atomic E-state index is 9.32. The van der Waals surface area contributed by atoms with E-state index in [1.807, 2.05) is 18.2 Å². The molecule has 0 bridgehead atoms. The van der Waals surface area contributed by atoms with Crippen LogP contribution in [0.5, 0.6) is 0 Å². The van der Waals surface area contributed by atoms with Gasteiger partial charge in [0.2, 0.25) is 0 Å². The van der Waals surface area contributed by atoms with E-state index < -0.39 is 0 Å². The second kappa shape index (κ2) is 3.01. The number of para-hydroxylation sites is 1. The fourth-order valence-corrected chi connectivity index (χ4v) is 3.13. The monoisotopic (exact) mass is 220 g/mol. The lowest BCUT2D eigenvalue weighted by Gasteiger charge is -2.40. The molecule has 1 aromatic heterocycles. The number of fused-ring (bicyclic) bond motifs is 1. The van der Waals surface area contributed by atoms with Crippen LogP contribution in [0.15, 0.2) is 24.3 Å². The highest BCUT2D eigenvalue weighted by Crippen LogP contribution is 2.41. The second-order valence-electron chi connectivity index (χ2n) is 4.20. The third kappa shape index (κ3) is 1.37. The summed E-state index contributed by atoms with van der Waals surface area (Å²) in [6, 6.07) is 8.02. The van der Waals surface area contributed by atoms with Crippen LogP contribution in [0.1, 0.15) is 17.8 Å². The van der Waals surface area contributed by atoms with Gasteiger partial charge in [-0.05, 0) is 25.0 Å². The van der Waals surface area contributed by atoms with Crippen molar-refractivity contribution in [2.75, 3.05) is 0 Å². The molecule has 2 aromatic rings. The van der Waals surface area contributed by atoms with E-state index in [1.165, 1.54) is 4.70 Å². The predicted octanol–water partition coefficient (Wildman–Crippen LogP) is 1.61. The van der Waals surface area contributed by atoms with Gasteiger partial charge in [-0.2, -0.15) is 0 Å². The lowest BCUT2D eigenvalue weighted by Crippen LogP contribution is -2.51. The van der Waals surface area contributed by atoms with Crippen molar-refractivity contribution in [3.63, 3.8) is 0 Å². The Labute approximate surface area is 91.6 Å². The maximum absolute atomic E-state index is 9.32. The maximum Gasteiger partial charge on any atom is 0.114 e. The highest BCUT2D eigenvalue weighted by Gasteiger charge is 2.43. The van der Waals surface area contributed by atoms with Gasteiger partial charge in [-0.3, -0.25) is 0 Å². The van der Waals surface area contributed by atoms with Crippen molar-refractivity contribution in [3.8, 4) is 0 Å². The molecule has 0 aliphatic heterocycles. The molecule has 0 amide bonds. The number of benzene rings is 1. The Morgan fingerprint density at radius 3 is 2.80 bits per heavy atom. The highest BCUT2D eigenvalue weighted by atomic mass is 32.1. The molecule has 15 heavy (non-hydrogen) atoms. The number of aliphatic hydroxyl groups excluding tert-OH is 1. The minimum Gasteiger partial charge on any atom is -0.393 e. The first-order valence-electron chi connectivity index (χ1n) is 5.00. The Morgan fingerprint density at radius 2 is 2.13 bits per heavy atom. The standard InChI is InChI=1S/C11H12N2OS/c12-11(5-7(14)6-11)10-13-8-3-1-2-4-9(8)15-10/h1-4,7,14H,5-6,12H2. The minimum absolute atomic E-state index is 0.248. The number of hydrogen-bond acceptors (Lipinski definition) is 4. The Kier molecular flexibility index (Phi) is 1.86. The van der Waals surface area contributed by atoms with Gasteiger partial charge in [0.05, 0.1) is 21.9 Å². The van der Waals surface area contributed by atoms with Crippen molar-refractivity contribution in [1.82, 2.24) is 4.98 Å². The zero-order chi connectivity index (χ0) is 10.5. The summed E-state index contributed by atoms with van der Waals surface area (Å²) < 4.78 is 1.17. The summed E-state index contributed by atoms with van der Waals surface area (Å²) in [4.78, 5) is 4.52. The molecule has 1 fully saturated rings. The topological polar surface area (TPSA) is 59.1 Å². The summed E-state index contributed by atoms with van der Waals surface area (Å²) >= 11 is 1.63. The van der Waals surface area contributed by atoms with E-state index in [0.717, 1.165) is 10.5 Å². The third-order valence-corrected chi connectivity index (χ3v) is 4.18. The van der Waals surface area contributed by atoms with E-state index in [9.17, 15) is 5.11 Å².